The van der Waals surface area contributed by atoms with Crippen LogP contribution >= 0.6 is 0 Å². The zero-order valence-corrected chi connectivity index (χ0v) is 14.4. The van der Waals surface area contributed by atoms with E-state index in [4.69, 9.17) is 9.47 Å². The maximum absolute atomic E-state index is 13.1. The molecule has 136 valence electrons. The van der Waals surface area contributed by atoms with Gasteiger partial charge in [0.15, 0.2) is 0 Å². The minimum atomic E-state index is -0.444. The average Bonchev–Trinajstić information content (AvgIpc) is 2.63. The van der Waals surface area contributed by atoms with Crippen molar-refractivity contribution in [2.75, 3.05) is 44.9 Å². The highest BCUT2D eigenvalue weighted by Crippen LogP contribution is 2.33. The first-order chi connectivity index (χ1) is 12.0. The molecule has 7 heteroatoms. The van der Waals surface area contributed by atoms with Crippen molar-refractivity contribution in [1.29, 1.82) is 0 Å². The summed E-state index contributed by atoms with van der Waals surface area (Å²) in [5.74, 6) is -0.378. The van der Waals surface area contributed by atoms with Gasteiger partial charge in [-0.3, -0.25) is 9.59 Å². The number of methoxy groups -OCH3 is 1. The van der Waals surface area contributed by atoms with E-state index in [-0.39, 0.29) is 24.2 Å². The van der Waals surface area contributed by atoms with Crippen LogP contribution in [0.3, 0.4) is 0 Å². The lowest BCUT2D eigenvalue weighted by atomic mass is 9.89. The van der Waals surface area contributed by atoms with Gasteiger partial charge in [-0.25, -0.2) is 4.39 Å². The number of nitrogens with zero attached hydrogens (tertiary/aromatic N) is 2. The summed E-state index contributed by atoms with van der Waals surface area (Å²) in [6, 6.07) is 5.91. The molecule has 2 fully saturated rings. The van der Waals surface area contributed by atoms with Crippen molar-refractivity contribution >= 4 is 17.5 Å². The second-order valence-corrected chi connectivity index (χ2v) is 6.55. The Labute approximate surface area is 146 Å². The number of likely N-dealkylation sites (tertiary alicyclic amines) is 1. The van der Waals surface area contributed by atoms with Gasteiger partial charge >= 0.3 is 0 Å². The number of hydrogen-bond acceptors (Lipinski definition) is 4. The van der Waals surface area contributed by atoms with E-state index in [1.165, 1.54) is 12.1 Å². The molecule has 3 rings (SSSR count). The molecule has 0 radical (unpaired) electrons. The Morgan fingerprint density at radius 2 is 1.96 bits per heavy atom. The fourth-order valence-corrected chi connectivity index (χ4v) is 3.38. The van der Waals surface area contributed by atoms with Gasteiger partial charge in [-0.15, -0.1) is 0 Å². The van der Waals surface area contributed by atoms with E-state index in [0.29, 0.717) is 51.2 Å². The Balaban J connectivity index is 1.64. The van der Waals surface area contributed by atoms with E-state index >= 15 is 0 Å². The molecular weight excluding hydrogens is 327 g/mol. The third-order valence-corrected chi connectivity index (χ3v) is 4.93. The molecule has 0 aromatic heterocycles. The Hall–Kier alpha value is -1.99. The fourth-order valence-electron chi connectivity index (χ4n) is 3.38. The van der Waals surface area contributed by atoms with Gasteiger partial charge in [-0.2, -0.15) is 0 Å². The van der Waals surface area contributed by atoms with Crippen LogP contribution < -0.4 is 4.90 Å². The molecule has 0 N–H and O–H groups in total. The maximum Gasteiger partial charge on any atom is 0.253 e. The molecule has 1 aromatic rings. The lowest BCUT2D eigenvalue weighted by Gasteiger charge is -2.47. The standard InChI is InChI=1S/C18H23FN2O4/c1-24-11-6-16(22)20-9-7-18(8-10-20)13-21(17(23)12-25-18)15-4-2-14(19)3-5-15/h2-5H,6-13H2,1H3. The molecule has 1 aromatic carbocycles. The topological polar surface area (TPSA) is 59.1 Å². The van der Waals surface area contributed by atoms with Crippen LogP contribution in [0.5, 0.6) is 0 Å². The van der Waals surface area contributed by atoms with E-state index in [9.17, 15) is 14.0 Å². The van der Waals surface area contributed by atoms with Crippen LogP contribution in [-0.4, -0.2) is 62.3 Å². The number of benzene rings is 1. The number of morpholine rings is 1. The molecule has 0 bridgehead atoms. The predicted octanol–water partition coefficient (Wildman–Crippen LogP) is 1.59. The Bertz CT molecular complexity index is 626. The Morgan fingerprint density at radius 3 is 2.60 bits per heavy atom. The largest absolute Gasteiger partial charge is 0.384 e. The summed E-state index contributed by atoms with van der Waals surface area (Å²) in [7, 11) is 1.58. The molecule has 0 atom stereocenters. The van der Waals surface area contributed by atoms with Crippen LogP contribution in [0.1, 0.15) is 19.3 Å². The van der Waals surface area contributed by atoms with Gasteiger partial charge in [0.2, 0.25) is 5.91 Å². The number of rotatable bonds is 4. The van der Waals surface area contributed by atoms with Crippen molar-refractivity contribution < 1.29 is 23.5 Å². The highest BCUT2D eigenvalue weighted by atomic mass is 19.1. The smallest absolute Gasteiger partial charge is 0.253 e. The first-order valence-corrected chi connectivity index (χ1v) is 8.50. The zero-order valence-electron chi connectivity index (χ0n) is 14.4. The van der Waals surface area contributed by atoms with Gasteiger partial charge in [0.05, 0.1) is 25.2 Å². The number of carbonyl (C=O) groups is 2. The van der Waals surface area contributed by atoms with Crippen molar-refractivity contribution in [3.05, 3.63) is 30.1 Å². The molecule has 2 aliphatic rings. The molecule has 2 saturated heterocycles. The molecule has 6 nitrogen and oxygen atoms in total. The molecule has 2 heterocycles. The SMILES string of the molecule is COCCC(=O)N1CCC2(CC1)CN(c1ccc(F)cc1)C(=O)CO2. The van der Waals surface area contributed by atoms with Gasteiger partial charge in [0.25, 0.3) is 5.91 Å². The third-order valence-electron chi connectivity index (χ3n) is 4.93. The normalized spacial score (nSPS) is 20.2. The number of hydrogen-bond donors (Lipinski definition) is 0. The van der Waals surface area contributed by atoms with Gasteiger partial charge in [0, 0.05) is 25.9 Å². The summed E-state index contributed by atoms with van der Waals surface area (Å²) in [6.45, 7) is 2.07. The van der Waals surface area contributed by atoms with E-state index < -0.39 is 5.60 Å². The van der Waals surface area contributed by atoms with Crippen molar-refractivity contribution in [2.24, 2.45) is 0 Å². The summed E-state index contributed by atoms with van der Waals surface area (Å²) in [4.78, 5) is 27.8. The molecule has 2 aliphatic heterocycles. The lowest BCUT2D eigenvalue weighted by molar-refractivity contribution is -0.150. The number of ether oxygens (including phenoxy) is 2. The number of piperidine rings is 1. The summed E-state index contributed by atoms with van der Waals surface area (Å²) in [5, 5.41) is 0. The number of carbonyl (C=O) groups excluding carboxylic acids is 2. The van der Waals surface area contributed by atoms with Gasteiger partial charge < -0.3 is 19.3 Å². The first kappa shape index (κ1) is 17.8. The molecule has 0 saturated carbocycles. The van der Waals surface area contributed by atoms with E-state index in [1.54, 1.807) is 24.1 Å². The minimum Gasteiger partial charge on any atom is -0.384 e. The average molecular weight is 350 g/mol. The first-order valence-electron chi connectivity index (χ1n) is 8.50. The van der Waals surface area contributed by atoms with Crippen LogP contribution in [0.4, 0.5) is 10.1 Å². The molecule has 25 heavy (non-hydrogen) atoms. The van der Waals surface area contributed by atoms with E-state index in [2.05, 4.69) is 0 Å². The van der Waals surface area contributed by atoms with Gasteiger partial charge in [-0.1, -0.05) is 0 Å². The third kappa shape index (κ3) is 3.99. The monoisotopic (exact) mass is 350 g/mol. The number of amides is 2. The van der Waals surface area contributed by atoms with Gasteiger partial charge in [-0.05, 0) is 37.1 Å². The zero-order chi connectivity index (χ0) is 17.9. The summed E-state index contributed by atoms with van der Waals surface area (Å²) in [5.41, 5.74) is 0.230. The van der Waals surface area contributed by atoms with E-state index in [1.807, 2.05) is 4.90 Å². The fraction of sp³-hybridized carbons (Fsp3) is 0.556. The Kier molecular flexibility index (Phi) is 5.34. The number of anilines is 1. The second-order valence-electron chi connectivity index (χ2n) is 6.55. The molecule has 0 aliphatic carbocycles. The second kappa shape index (κ2) is 7.49. The van der Waals surface area contributed by atoms with Crippen LogP contribution in [0, 0.1) is 5.82 Å². The minimum absolute atomic E-state index is 0.00893. The van der Waals surface area contributed by atoms with Crippen molar-refractivity contribution in [3.63, 3.8) is 0 Å². The Morgan fingerprint density at radius 1 is 1.28 bits per heavy atom. The van der Waals surface area contributed by atoms with Gasteiger partial charge in [0.1, 0.15) is 12.4 Å². The highest BCUT2D eigenvalue weighted by Gasteiger charge is 2.43. The lowest BCUT2D eigenvalue weighted by Crippen LogP contribution is -2.59. The summed E-state index contributed by atoms with van der Waals surface area (Å²) < 4.78 is 24.0. The summed E-state index contributed by atoms with van der Waals surface area (Å²) >= 11 is 0. The van der Waals surface area contributed by atoms with Crippen LogP contribution in [-0.2, 0) is 19.1 Å². The van der Waals surface area contributed by atoms with Crippen LogP contribution in [0.2, 0.25) is 0 Å². The van der Waals surface area contributed by atoms with Crippen molar-refractivity contribution in [2.45, 2.75) is 24.9 Å². The molecule has 0 unspecified atom stereocenters. The molecular formula is C18H23FN2O4. The number of halogens is 1. The maximum atomic E-state index is 13.1. The molecule has 1 spiro atoms. The quantitative estimate of drug-likeness (QED) is 0.827. The highest BCUT2D eigenvalue weighted by molar-refractivity contribution is 5.95. The van der Waals surface area contributed by atoms with Crippen LogP contribution in [0.25, 0.3) is 0 Å². The molecule has 2 amide bonds. The van der Waals surface area contributed by atoms with Crippen molar-refractivity contribution in [3.8, 4) is 0 Å². The summed E-state index contributed by atoms with van der Waals surface area (Å²) in [6.07, 6.45) is 1.73. The predicted molar refractivity (Wildman–Crippen MR) is 89.7 cm³/mol. The van der Waals surface area contributed by atoms with E-state index in [0.717, 1.165) is 0 Å². The van der Waals surface area contributed by atoms with Crippen molar-refractivity contribution in [1.82, 2.24) is 4.90 Å². The van der Waals surface area contributed by atoms with Crippen LogP contribution in [0.15, 0.2) is 24.3 Å².